The van der Waals surface area contributed by atoms with Crippen LogP contribution in [0.4, 0.5) is 0 Å². The van der Waals surface area contributed by atoms with E-state index in [-0.39, 0.29) is 6.04 Å². The number of piperidine rings is 1. The Morgan fingerprint density at radius 3 is 2.50 bits per heavy atom. The van der Waals surface area contributed by atoms with Crippen molar-refractivity contribution in [1.82, 2.24) is 14.7 Å². The van der Waals surface area contributed by atoms with Gasteiger partial charge in [-0.3, -0.25) is 14.6 Å². The van der Waals surface area contributed by atoms with Crippen LogP contribution in [0.25, 0.3) is 0 Å². The Kier molecular flexibility index (Phi) is 5.77. The van der Waals surface area contributed by atoms with Crippen LogP contribution < -0.4 is 0 Å². The summed E-state index contributed by atoms with van der Waals surface area (Å²) in [5.74, 6) is 0.320. The summed E-state index contributed by atoms with van der Waals surface area (Å²) in [4.78, 5) is 19.9. The highest BCUT2D eigenvalue weighted by Crippen LogP contribution is 2.43. The molecule has 1 aromatic rings. The molecule has 3 fully saturated rings. The van der Waals surface area contributed by atoms with Crippen LogP contribution in [0.1, 0.15) is 36.0 Å². The van der Waals surface area contributed by atoms with Crippen LogP contribution in [-0.4, -0.2) is 79.6 Å². The SMILES string of the molecule is Cc1ccc(CN2CCC3(CC2)CC(C(=O)N2CCOCC2)N(C)C3)cc1C. The summed E-state index contributed by atoms with van der Waals surface area (Å²) >= 11 is 0. The summed E-state index contributed by atoms with van der Waals surface area (Å²) in [5.41, 5.74) is 4.49. The third-order valence-electron chi connectivity index (χ3n) is 7.25. The minimum absolute atomic E-state index is 0.0596. The maximum Gasteiger partial charge on any atom is 0.240 e. The number of ether oxygens (including phenoxy) is 1. The molecular weight excluding hydrogens is 350 g/mol. The lowest BCUT2D eigenvalue weighted by atomic mass is 9.76. The first-order valence-corrected chi connectivity index (χ1v) is 10.8. The van der Waals surface area contributed by atoms with Crippen LogP contribution in [0.15, 0.2) is 18.2 Å². The summed E-state index contributed by atoms with van der Waals surface area (Å²) in [6, 6.07) is 6.90. The third kappa shape index (κ3) is 4.12. The van der Waals surface area contributed by atoms with Crippen molar-refractivity contribution in [1.29, 1.82) is 0 Å². The average molecular weight is 386 g/mol. The number of carbonyl (C=O) groups is 1. The van der Waals surface area contributed by atoms with Crippen molar-refractivity contribution in [3.63, 3.8) is 0 Å². The van der Waals surface area contributed by atoms with Crippen molar-refractivity contribution in [2.24, 2.45) is 5.41 Å². The fourth-order valence-corrected chi connectivity index (χ4v) is 5.25. The van der Waals surface area contributed by atoms with E-state index in [9.17, 15) is 4.79 Å². The molecule has 0 aromatic heterocycles. The second-order valence-electron chi connectivity index (χ2n) is 9.27. The van der Waals surface area contributed by atoms with Crippen LogP contribution in [0.3, 0.4) is 0 Å². The van der Waals surface area contributed by atoms with Crippen molar-refractivity contribution >= 4 is 5.91 Å². The number of aryl methyl sites for hydroxylation is 2. The normalized spacial score (nSPS) is 26.1. The third-order valence-corrected chi connectivity index (χ3v) is 7.25. The van der Waals surface area contributed by atoms with Gasteiger partial charge in [-0.1, -0.05) is 18.2 Å². The highest BCUT2D eigenvalue weighted by molar-refractivity contribution is 5.82. The van der Waals surface area contributed by atoms with Crippen molar-refractivity contribution in [2.45, 2.75) is 45.7 Å². The Bertz CT molecular complexity index is 706. The van der Waals surface area contributed by atoms with Gasteiger partial charge >= 0.3 is 0 Å². The number of likely N-dealkylation sites (tertiary alicyclic amines) is 2. The molecule has 3 aliphatic rings. The number of hydrogen-bond acceptors (Lipinski definition) is 4. The van der Waals surface area contributed by atoms with Gasteiger partial charge in [0.25, 0.3) is 0 Å². The van der Waals surface area contributed by atoms with Gasteiger partial charge in [-0.2, -0.15) is 0 Å². The molecule has 1 amide bonds. The fourth-order valence-electron chi connectivity index (χ4n) is 5.25. The zero-order valence-corrected chi connectivity index (χ0v) is 17.7. The molecule has 1 unspecified atom stereocenters. The first kappa shape index (κ1) is 19.9. The largest absolute Gasteiger partial charge is 0.378 e. The minimum Gasteiger partial charge on any atom is -0.378 e. The lowest BCUT2D eigenvalue weighted by molar-refractivity contribution is -0.139. The van der Waals surface area contributed by atoms with E-state index in [0.717, 1.165) is 45.7 Å². The molecule has 1 aromatic carbocycles. The maximum absolute atomic E-state index is 13.0. The zero-order chi connectivity index (χ0) is 19.7. The molecule has 5 nitrogen and oxygen atoms in total. The number of likely N-dealkylation sites (N-methyl/N-ethyl adjacent to an activating group) is 1. The summed E-state index contributed by atoms with van der Waals surface area (Å²) in [6.45, 7) is 11.6. The molecule has 5 heteroatoms. The monoisotopic (exact) mass is 385 g/mol. The number of benzene rings is 1. The van der Waals surface area contributed by atoms with Crippen LogP contribution in [0.2, 0.25) is 0 Å². The first-order valence-electron chi connectivity index (χ1n) is 10.8. The molecule has 1 spiro atoms. The molecule has 3 saturated heterocycles. The second kappa shape index (κ2) is 8.13. The molecule has 1 atom stereocenters. The van der Waals surface area contributed by atoms with Gasteiger partial charge in [0, 0.05) is 26.2 Å². The summed E-state index contributed by atoms with van der Waals surface area (Å²) in [7, 11) is 2.14. The summed E-state index contributed by atoms with van der Waals surface area (Å²) in [6.07, 6.45) is 3.43. The Labute approximate surface area is 169 Å². The molecule has 0 aliphatic carbocycles. The van der Waals surface area contributed by atoms with Crippen LogP contribution in [0, 0.1) is 19.3 Å². The Morgan fingerprint density at radius 2 is 1.82 bits per heavy atom. The van der Waals surface area contributed by atoms with E-state index >= 15 is 0 Å². The van der Waals surface area contributed by atoms with E-state index in [2.05, 4.69) is 48.9 Å². The molecule has 0 saturated carbocycles. The van der Waals surface area contributed by atoms with Gasteiger partial charge in [0.05, 0.1) is 19.3 Å². The summed E-state index contributed by atoms with van der Waals surface area (Å²) < 4.78 is 5.41. The van der Waals surface area contributed by atoms with Crippen molar-refractivity contribution in [3.8, 4) is 0 Å². The quantitative estimate of drug-likeness (QED) is 0.801. The number of nitrogens with zero attached hydrogens (tertiary/aromatic N) is 3. The smallest absolute Gasteiger partial charge is 0.240 e. The highest BCUT2D eigenvalue weighted by Gasteiger charge is 2.47. The van der Waals surface area contributed by atoms with Crippen LogP contribution in [-0.2, 0) is 16.1 Å². The predicted molar refractivity (Wildman–Crippen MR) is 111 cm³/mol. The standard InChI is InChI=1S/C23H35N3O2/c1-18-4-5-20(14-19(18)2)16-25-8-6-23(7-9-25)15-21(24(3)17-23)22(27)26-10-12-28-13-11-26/h4-5,14,21H,6-13,15-17H2,1-3H3. The van der Waals surface area contributed by atoms with Gasteiger partial charge in [-0.25, -0.2) is 0 Å². The zero-order valence-electron chi connectivity index (χ0n) is 17.7. The van der Waals surface area contributed by atoms with Gasteiger partial charge < -0.3 is 9.64 Å². The number of amides is 1. The van der Waals surface area contributed by atoms with Crippen LogP contribution >= 0.6 is 0 Å². The van der Waals surface area contributed by atoms with Crippen molar-refractivity contribution < 1.29 is 9.53 Å². The lowest BCUT2D eigenvalue weighted by Crippen LogP contribution is -2.48. The van der Waals surface area contributed by atoms with Crippen molar-refractivity contribution in [2.75, 3.05) is 53.0 Å². The summed E-state index contributed by atoms with van der Waals surface area (Å²) in [5, 5.41) is 0. The number of rotatable bonds is 3. The predicted octanol–water partition coefficient (Wildman–Crippen LogP) is 2.45. The van der Waals surface area contributed by atoms with E-state index in [4.69, 9.17) is 4.74 Å². The molecule has 28 heavy (non-hydrogen) atoms. The number of morpholine rings is 1. The minimum atomic E-state index is 0.0596. The lowest BCUT2D eigenvalue weighted by Gasteiger charge is -2.39. The van der Waals surface area contributed by atoms with Crippen molar-refractivity contribution in [3.05, 3.63) is 34.9 Å². The van der Waals surface area contributed by atoms with Gasteiger partial charge in [0.15, 0.2) is 0 Å². The van der Waals surface area contributed by atoms with Gasteiger partial charge in [-0.05, 0) is 75.4 Å². The maximum atomic E-state index is 13.0. The van der Waals surface area contributed by atoms with E-state index in [1.807, 2.05) is 4.90 Å². The first-order chi connectivity index (χ1) is 13.5. The van der Waals surface area contributed by atoms with E-state index in [1.165, 1.54) is 29.5 Å². The molecule has 0 N–H and O–H groups in total. The second-order valence-corrected chi connectivity index (χ2v) is 9.27. The Morgan fingerprint density at radius 1 is 1.11 bits per heavy atom. The molecule has 3 aliphatic heterocycles. The molecule has 4 rings (SSSR count). The van der Waals surface area contributed by atoms with Gasteiger partial charge in [-0.15, -0.1) is 0 Å². The van der Waals surface area contributed by atoms with Gasteiger partial charge in [0.1, 0.15) is 0 Å². The molecule has 0 radical (unpaired) electrons. The average Bonchev–Trinajstić information content (AvgIpc) is 3.03. The van der Waals surface area contributed by atoms with E-state index < -0.39 is 0 Å². The number of hydrogen-bond donors (Lipinski definition) is 0. The highest BCUT2D eigenvalue weighted by atomic mass is 16.5. The molecule has 0 bridgehead atoms. The fraction of sp³-hybridized carbons (Fsp3) is 0.696. The number of carbonyl (C=O) groups excluding carboxylic acids is 1. The molecule has 154 valence electrons. The molecular formula is C23H35N3O2. The van der Waals surface area contributed by atoms with Crippen LogP contribution in [0.5, 0.6) is 0 Å². The Hall–Kier alpha value is -1.43. The van der Waals surface area contributed by atoms with E-state index in [0.29, 0.717) is 24.5 Å². The topological polar surface area (TPSA) is 36.0 Å². The Balaban J connectivity index is 1.33. The van der Waals surface area contributed by atoms with E-state index in [1.54, 1.807) is 0 Å². The molecule has 3 heterocycles. The van der Waals surface area contributed by atoms with Gasteiger partial charge in [0.2, 0.25) is 5.91 Å².